The van der Waals surface area contributed by atoms with Gasteiger partial charge in [0, 0.05) is 23.8 Å². The van der Waals surface area contributed by atoms with E-state index >= 15 is 0 Å². The van der Waals surface area contributed by atoms with Crippen molar-refractivity contribution in [3.05, 3.63) is 76.0 Å². The molecule has 27 heavy (non-hydrogen) atoms. The largest absolute Gasteiger partial charge is 0.306 e. The van der Waals surface area contributed by atoms with Gasteiger partial charge in [-0.1, -0.05) is 29.5 Å². The first kappa shape index (κ1) is 16.9. The summed E-state index contributed by atoms with van der Waals surface area (Å²) in [5.41, 5.74) is 1.61. The van der Waals surface area contributed by atoms with Crippen LogP contribution in [0, 0.1) is 17.0 Å². The fraction of sp³-hybridized carbons (Fsp3) is 0.0556. The van der Waals surface area contributed by atoms with Crippen molar-refractivity contribution in [1.82, 2.24) is 14.8 Å². The molecule has 1 N–H and O–H groups in total. The molecule has 0 atom stereocenters. The molecule has 9 heteroatoms. The van der Waals surface area contributed by atoms with Gasteiger partial charge in [-0.2, -0.15) is 9.78 Å². The fourth-order valence-electron chi connectivity index (χ4n) is 2.63. The number of aromatic nitrogens is 3. The maximum atomic E-state index is 12.6. The number of carbonyl (C=O) groups is 1. The Bertz CT molecular complexity index is 1150. The first-order valence-electron chi connectivity index (χ1n) is 8.00. The Hall–Kier alpha value is -3.59. The lowest BCUT2D eigenvalue weighted by molar-refractivity contribution is -0.384. The van der Waals surface area contributed by atoms with Gasteiger partial charge in [0.2, 0.25) is 5.13 Å². The van der Waals surface area contributed by atoms with Crippen LogP contribution in [-0.4, -0.2) is 25.6 Å². The van der Waals surface area contributed by atoms with Gasteiger partial charge in [0.1, 0.15) is 5.82 Å². The molecule has 0 saturated heterocycles. The number of nitrogens with one attached hydrogen (secondary N) is 1. The zero-order valence-electron chi connectivity index (χ0n) is 14.1. The Balaban J connectivity index is 1.68. The van der Waals surface area contributed by atoms with E-state index in [4.69, 9.17) is 0 Å². The molecule has 0 radical (unpaired) electrons. The van der Waals surface area contributed by atoms with Crippen molar-refractivity contribution in [1.29, 1.82) is 0 Å². The average Bonchev–Trinajstić information content (AvgIpc) is 3.24. The van der Waals surface area contributed by atoms with E-state index in [1.165, 1.54) is 35.6 Å². The number of anilines is 1. The summed E-state index contributed by atoms with van der Waals surface area (Å²) >= 11 is 1.46. The minimum atomic E-state index is -0.535. The number of non-ortho nitro benzene ring substituents is 1. The predicted molar refractivity (Wildman–Crippen MR) is 103 cm³/mol. The second-order valence-corrected chi connectivity index (χ2v) is 6.82. The van der Waals surface area contributed by atoms with E-state index in [1.807, 2.05) is 31.2 Å². The first-order chi connectivity index (χ1) is 13.0. The SMILES string of the molecule is Cc1cc(NC(=O)c2cccc([N+](=O)[O-])c2)n(-c2nc3ccccc3s2)n1. The Morgan fingerprint density at radius 2 is 2.00 bits per heavy atom. The van der Waals surface area contributed by atoms with Gasteiger partial charge in [-0.25, -0.2) is 4.98 Å². The number of benzene rings is 2. The summed E-state index contributed by atoms with van der Waals surface area (Å²) < 4.78 is 2.58. The second kappa shape index (κ2) is 6.61. The highest BCUT2D eigenvalue weighted by Gasteiger charge is 2.17. The first-order valence-corrected chi connectivity index (χ1v) is 8.81. The molecule has 0 saturated carbocycles. The van der Waals surface area contributed by atoms with Crippen molar-refractivity contribution >= 4 is 39.0 Å². The molecule has 0 aliphatic heterocycles. The zero-order chi connectivity index (χ0) is 19.0. The molecular weight excluding hydrogens is 366 g/mol. The molecule has 2 aromatic heterocycles. The van der Waals surface area contributed by atoms with Crippen LogP contribution in [0.4, 0.5) is 11.5 Å². The van der Waals surface area contributed by atoms with E-state index < -0.39 is 10.8 Å². The van der Waals surface area contributed by atoms with Crippen LogP contribution >= 0.6 is 11.3 Å². The van der Waals surface area contributed by atoms with Crippen LogP contribution in [0.3, 0.4) is 0 Å². The maximum Gasteiger partial charge on any atom is 0.270 e. The number of hydrogen-bond donors (Lipinski definition) is 1. The topological polar surface area (TPSA) is 103 Å². The Morgan fingerprint density at radius 1 is 1.19 bits per heavy atom. The Morgan fingerprint density at radius 3 is 2.78 bits per heavy atom. The lowest BCUT2D eigenvalue weighted by Gasteiger charge is -2.06. The van der Waals surface area contributed by atoms with Crippen LogP contribution in [0.1, 0.15) is 16.1 Å². The van der Waals surface area contributed by atoms with E-state index in [0.717, 1.165) is 10.2 Å². The number of nitrogens with zero attached hydrogens (tertiary/aromatic N) is 4. The van der Waals surface area contributed by atoms with Crippen molar-refractivity contribution in [3.8, 4) is 5.13 Å². The van der Waals surface area contributed by atoms with Crippen molar-refractivity contribution in [2.24, 2.45) is 0 Å². The van der Waals surface area contributed by atoms with Gasteiger partial charge in [0.15, 0.2) is 0 Å². The quantitative estimate of drug-likeness (QED) is 0.427. The molecule has 2 aromatic carbocycles. The lowest BCUT2D eigenvalue weighted by Crippen LogP contribution is -2.15. The molecule has 0 aliphatic rings. The molecule has 4 aromatic rings. The van der Waals surface area contributed by atoms with E-state index in [2.05, 4.69) is 15.4 Å². The summed E-state index contributed by atoms with van der Waals surface area (Å²) in [6, 6.07) is 15.0. The minimum Gasteiger partial charge on any atom is -0.306 e. The standard InChI is InChI=1S/C18H13N5O3S/c1-11-9-16(20-17(24)12-5-4-6-13(10-12)23(25)26)22(21-11)18-19-14-7-2-3-8-15(14)27-18/h2-10H,1H3,(H,20,24). The average molecular weight is 379 g/mol. The molecule has 0 fully saturated rings. The number of hydrogen-bond acceptors (Lipinski definition) is 6. The van der Waals surface area contributed by atoms with Gasteiger partial charge < -0.3 is 5.32 Å². The molecule has 1 amide bonds. The van der Waals surface area contributed by atoms with E-state index in [-0.39, 0.29) is 11.3 Å². The normalized spacial score (nSPS) is 10.9. The van der Waals surface area contributed by atoms with Crippen LogP contribution in [0.5, 0.6) is 0 Å². The second-order valence-electron chi connectivity index (χ2n) is 5.81. The number of rotatable bonds is 4. The third kappa shape index (κ3) is 3.27. The summed E-state index contributed by atoms with van der Waals surface area (Å²) in [6.07, 6.45) is 0. The molecular formula is C18H13N5O3S. The molecule has 0 spiro atoms. The monoisotopic (exact) mass is 379 g/mol. The molecule has 0 aliphatic carbocycles. The number of aryl methyl sites for hydroxylation is 1. The van der Waals surface area contributed by atoms with E-state index in [0.29, 0.717) is 16.6 Å². The third-order valence-corrected chi connectivity index (χ3v) is 4.87. The van der Waals surface area contributed by atoms with E-state index in [1.54, 1.807) is 10.7 Å². The zero-order valence-corrected chi connectivity index (χ0v) is 14.9. The highest BCUT2D eigenvalue weighted by atomic mass is 32.1. The number of para-hydroxylation sites is 1. The van der Waals surface area contributed by atoms with Crippen LogP contribution in [0.15, 0.2) is 54.6 Å². The third-order valence-electron chi connectivity index (χ3n) is 3.86. The number of thiazole rings is 1. The van der Waals surface area contributed by atoms with Gasteiger partial charge in [-0.3, -0.25) is 14.9 Å². The summed E-state index contributed by atoms with van der Waals surface area (Å²) in [6.45, 7) is 1.81. The van der Waals surface area contributed by atoms with Crippen molar-refractivity contribution in [3.63, 3.8) is 0 Å². The van der Waals surface area contributed by atoms with Crippen LogP contribution in [-0.2, 0) is 0 Å². The van der Waals surface area contributed by atoms with Gasteiger partial charge >= 0.3 is 0 Å². The summed E-state index contributed by atoms with van der Waals surface area (Å²) in [7, 11) is 0. The lowest BCUT2D eigenvalue weighted by atomic mass is 10.2. The fourth-order valence-corrected chi connectivity index (χ4v) is 3.57. The molecule has 8 nitrogen and oxygen atoms in total. The molecule has 134 valence electrons. The van der Waals surface area contributed by atoms with Crippen LogP contribution in [0.2, 0.25) is 0 Å². The highest BCUT2D eigenvalue weighted by molar-refractivity contribution is 7.20. The van der Waals surface area contributed by atoms with Crippen LogP contribution in [0.25, 0.3) is 15.3 Å². The Kier molecular flexibility index (Phi) is 4.13. The number of nitro benzene ring substituents is 1. The van der Waals surface area contributed by atoms with Crippen molar-refractivity contribution in [2.45, 2.75) is 6.92 Å². The molecule has 4 rings (SSSR count). The summed E-state index contributed by atoms with van der Waals surface area (Å²) in [4.78, 5) is 27.5. The number of fused-ring (bicyclic) bond motifs is 1. The minimum absolute atomic E-state index is 0.140. The van der Waals surface area contributed by atoms with E-state index in [9.17, 15) is 14.9 Å². The predicted octanol–water partition coefficient (Wildman–Crippen LogP) is 3.95. The number of nitro groups is 1. The highest BCUT2D eigenvalue weighted by Crippen LogP contribution is 2.27. The number of amides is 1. The van der Waals surface area contributed by atoms with Gasteiger partial charge in [-0.05, 0) is 25.1 Å². The van der Waals surface area contributed by atoms with Gasteiger partial charge in [0.25, 0.3) is 11.6 Å². The molecule has 0 bridgehead atoms. The smallest absolute Gasteiger partial charge is 0.270 e. The van der Waals surface area contributed by atoms with Gasteiger partial charge in [0.05, 0.1) is 20.8 Å². The van der Waals surface area contributed by atoms with Crippen LogP contribution < -0.4 is 5.32 Å². The van der Waals surface area contributed by atoms with Crippen molar-refractivity contribution < 1.29 is 9.72 Å². The molecule has 0 unspecified atom stereocenters. The Labute approximate surface area is 157 Å². The maximum absolute atomic E-state index is 12.6. The molecule has 2 heterocycles. The summed E-state index contributed by atoms with van der Waals surface area (Å²) in [5, 5.41) is 18.7. The van der Waals surface area contributed by atoms with Gasteiger partial charge in [-0.15, -0.1) is 0 Å². The van der Waals surface area contributed by atoms with Crippen molar-refractivity contribution in [2.75, 3.05) is 5.32 Å². The summed E-state index contributed by atoms with van der Waals surface area (Å²) in [5.74, 6) is -0.0102. The number of carbonyl (C=O) groups excluding carboxylic acids is 1.